The highest BCUT2D eigenvalue weighted by atomic mass is 127. The first-order chi connectivity index (χ1) is 9.11. The standard InChI is InChI=1S/C10H12IN5O3/c11-8-7-9(12)13-3-14-10(7)16(15-8)6-1-4(18)5(2-17)19-6/h3-6,17-18H,1-2H2,(H2,12,13,14)/t4-,5+,6-/m0/s1. The maximum atomic E-state index is 9.77. The SMILES string of the molecule is Nc1ncnc2c1c(I)nn2[C@@H]1C[C@H](O)[C@@H](CO)O1. The minimum atomic E-state index is -0.717. The second-order valence-corrected chi connectivity index (χ2v) is 5.33. The van der Waals surface area contributed by atoms with E-state index in [1.54, 1.807) is 4.68 Å². The van der Waals surface area contributed by atoms with Crippen molar-refractivity contribution in [1.29, 1.82) is 0 Å². The number of halogens is 1. The fraction of sp³-hybridized carbons (Fsp3) is 0.500. The van der Waals surface area contributed by atoms with Crippen molar-refractivity contribution in [2.45, 2.75) is 24.9 Å². The lowest BCUT2D eigenvalue weighted by Crippen LogP contribution is -2.24. The van der Waals surface area contributed by atoms with Crippen LogP contribution in [0, 0.1) is 3.70 Å². The number of nitrogens with two attached hydrogens (primary N) is 1. The van der Waals surface area contributed by atoms with Crippen LogP contribution in [0.1, 0.15) is 12.6 Å². The predicted octanol–water partition coefficient (Wildman–Crippen LogP) is -0.346. The quantitative estimate of drug-likeness (QED) is 0.613. The lowest BCUT2D eigenvalue weighted by atomic mass is 10.2. The second-order valence-electron chi connectivity index (χ2n) is 4.31. The first-order valence-corrected chi connectivity index (χ1v) is 6.78. The summed E-state index contributed by atoms with van der Waals surface area (Å²) in [6, 6.07) is 0. The Morgan fingerprint density at radius 1 is 1.53 bits per heavy atom. The van der Waals surface area contributed by atoms with Crippen molar-refractivity contribution in [2.75, 3.05) is 12.3 Å². The average molecular weight is 377 g/mol. The molecule has 1 fully saturated rings. The van der Waals surface area contributed by atoms with Crippen molar-refractivity contribution in [3.05, 3.63) is 10.0 Å². The third-order valence-electron chi connectivity index (χ3n) is 3.13. The number of rotatable bonds is 2. The molecular formula is C10H12IN5O3. The molecule has 1 aliphatic rings. The number of hydrogen-bond acceptors (Lipinski definition) is 7. The molecule has 0 aromatic carbocycles. The van der Waals surface area contributed by atoms with Gasteiger partial charge in [-0.15, -0.1) is 0 Å². The van der Waals surface area contributed by atoms with Gasteiger partial charge in [-0.2, -0.15) is 5.10 Å². The van der Waals surface area contributed by atoms with Gasteiger partial charge in [0.25, 0.3) is 0 Å². The van der Waals surface area contributed by atoms with Crippen molar-refractivity contribution in [3.8, 4) is 0 Å². The van der Waals surface area contributed by atoms with Gasteiger partial charge in [-0.25, -0.2) is 14.6 Å². The van der Waals surface area contributed by atoms with E-state index >= 15 is 0 Å². The highest BCUT2D eigenvalue weighted by Crippen LogP contribution is 2.32. The van der Waals surface area contributed by atoms with E-state index in [-0.39, 0.29) is 6.61 Å². The Balaban J connectivity index is 2.05. The van der Waals surface area contributed by atoms with E-state index in [9.17, 15) is 5.11 Å². The highest BCUT2D eigenvalue weighted by Gasteiger charge is 2.36. The third-order valence-corrected chi connectivity index (χ3v) is 3.89. The molecule has 9 heteroatoms. The lowest BCUT2D eigenvalue weighted by Gasteiger charge is -2.12. The summed E-state index contributed by atoms with van der Waals surface area (Å²) in [6.07, 6.45) is -0.0670. The normalized spacial score (nSPS) is 27.2. The molecule has 1 aliphatic heterocycles. The van der Waals surface area contributed by atoms with Crippen LogP contribution in [0.4, 0.5) is 5.82 Å². The molecule has 0 bridgehead atoms. The maximum absolute atomic E-state index is 9.77. The number of aliphatic hydroxyl groups excluding tert-OH is 2. The molecule has 0 aliphatic carbocycles. The first-order valence-electron chi connectivity index (χ1n) is 5.70. The molecule has 2 aromatic heterocycles. The van der Waals surface area contributed by atoms with Crippen LogP contribution in [0.2, 0.25) is 0 Å². The molecule has 0 amide bonds. The van der Waals surface area contributed by atoms with Gasteiger partial charge in [0.1, 0.15) is 21.9 Å². The zero-order valence-electron chi connectivity index (χ0n) is 9.77. The minimum Gasteiger partial charge on any atom is -0.394 e. The Kier molecular flexibility index (Phi) is 3.28. The number of nitrogens with zero attached hydrogens (tertiary/aromatic N) is 4. The van der Waals surface area contributed by atoms with Crippen molar-refractivity contribution >= 4 is 39.4 Å². The Labute approximate surface area is 121 Å². The molecular weight excluding hydrogens is 365 g/mol. The summed E-state index contributed by atoms with van der Waals surface area (Å²) < 4.78 is 7.82. The van der Waals surface area contributed by atoms with Gasteiger partial charge < -0.3 is 20.7 Å². The van der Waals surface area contributed by atoms with E-state index in [0.29, 0.717) is 27.0 Å². The molecule has 0 saturated carbocycles. The van der Waals surface area contributed by atoms with Gasteiger partial charge in [0.05, 0.1) is 18.1 Å². The van der Waals surface area contributed by atoms with Crippen molar-refractivity contribution in [3.63, 3.8) is 0 Å². The van der Waals surface area contributed by atoms with Crippen molar-refractivity contribution in [2.24, 2.45) is 0 Å². The van der Waals surface area contributed by atoms with Gasteiger partial charge in [-0.3, -0.25) is 0 Å². The van der Waals surface area contributed by atoms with Crippen LogP contribution in [0.25, 0.3) is 11.0 Å². The summed E-state index contributed by atoms with van der Waals surface area (Å²) in [5.74, 6) is 0.359. The Hall–Kier alpha value is -1.04. The number of aliphatic hydroxyl groups is 2. The Morgan fingerprint density at radius 2 is 2.32 bits per heavy atom. The van der Waals surface area contributed by atoms with Gasteiger partial charge in [0.15, 0.2) is 11.9 Å². The molecule has 0 unspecified atom stereocenters. The highest BCUT2D eigenvalue weighted by molar-refractivity contribution is 14.1. The van der Waals surface area contributed by atoms with Gasteiger partial charge >= 0.3 is 0 Å². The summed E-state index contributed by atoms with van der Waals surface area (Å²) in [4.78, 5) is 8.10. The topological polar surface area (TPSA) is 119 Å². The van der Waals surface area contributed by atoms with E-state index in [4.69, 9.17) is 15.6 Å². The van der Waals surface area contributed by atoms with E-state index < -0.39 is 18.4 Å². The zero-order valence-corrected chi connectivity index (χ0v) is 11.9. The van der Waals surface area contributed by atoms with Crippen molar-refractivity contribution in [1.82, 2.24) is 19.7 Å². The van der Waals surface area contributed by atoms with Crippen LogP contribution in [-0.2, 0) is 4.74 Å². The molecule has 3 rings (SSSR count). The lowest BCUT2D eigenvalue weighted by molar-refractivity contribution is -0.0471. The molecule has 0 radical (unpaired) electrons. The molecule has 0 spiro atoms. The van der Waals surface area contributed by atoms with Crippen LogP contribution >= 0.6 is 22.6 Å². The van der Waals surface area contributed by atoms with Crippen molar-refractivity contribution < 1.29 is 14.9 Å². The minimum absolute atomic E-state index is 0.231. The van der Waals surface area contributed by atoms with Crippen LogP contribution < -0.4 is 5.73 Å². The predicted molar refractivity (Wildman–Crippen MR) is 74.1 cm³/mol. The second kappa shape index (κ2) is 4.81. The number of fused-ring (bicyclic) bond motifs is 1. The molecule has 3 atom stereocenters. The summed E-state index contributed by atoms with van der Waals surface area (Å²) in [6.45, 7) is -0.231. The van der Waals surface area contributed by atoms with Crippen LogP contribution in [-0.4, -0.2) is 48.8 Å². The fourth-order valence-electron chi connectivity index (χ4n) is 2.18. The Bertz CT molecular complexity index is 618. The molecule has 19 heavy (non-hydrogen) atoms. The number of ether oxygens (including phenoxy) is 1. The number of hydrogen-bond donors (Lipinski definition) is 3. The van der Waals surface area contributed by atoms with Crippen LogP contribution in [0.15, 0.2) is 6.33 Å². The zero-order chi connectivity index (χ0) is 13.6. The number of aromatic nitrogens is 4. The van der Waals surface area contributed by atoms with Gasteiger partial charge in [0.2, 0.25) is 0 Å². The molecule has 2 aromatic rings. The largest absolute Gasteiger partial charge is 0.394 e. The van der Waals surface area contributed by atoms with E-state index in [0.717, 1.165) is 0 Å². The molecule has 1 saturated heterocycles. The maximum Gasteiger partial charge on any atom is 0.167 e. The van der Waals surface area contributed by atoms with E-state index in [2.05, 4.69) is 37.7 Å². The molecule has 102 valence electrons. The smallest absolute Gasteiger partial charge is 0.167 e. The first kappa shape index (κ1) is 13.0. The molecule has 8 nitrogen and oxygen atoms in total. The third kappa shape index (κ3) is 2.06. The summed E-state index contributed by atoms with van der Waals surface area (Å²) >= 11 is 2.05. The fourth-order valence-corrected chi connectivity index (χ4v) is 2.93. The van der Waals surface area contributed by atoms with Crippen LogP contribution in [0.5, 0.6) is 0 Å². The summed E-state index contributed by atoms with van der Waals surface area (Å²) in [5.41, 5.74) is 6.37. The average Bonchev–Trinajstić information content (AvgIpc) is 2.91. The molecule has 4 N–H and O–H groups in total. The Morgan fingerprint density at radius 3 is 3.00 bits per heavy atom. The summed E-state index contributed by atoms with van der Waals surface area (Å²) in [7, 11) is 0. The monoisotopic (exact) mass is 377 g/mol. The van der Waals surface area contributed by atoms with Gasteiger partial charge in [0, 0.05) is 6.42 Å². The van der Waals surface area contributed by atoms with E-state index in [1.165, 1.54) is 6.33 Å². The number of anilines is 1. The molecule has 3 heterocycles. The van der Waals surface area contributed by atoms with Gasteiger partial charge in [-0.1, -0.05) is 0 Å². The van der Waals surface area contributed by atoms with Gasteiger partial charge in [-0.05, 0) is 22.6 Å². The van der Waals surface area contributed by atoms with Crippen LogP contribution in [0.3, 0.4) is 0 Å². The van der Waals surface area contributed by atoms with E-state index in [1.807, 2.05) is 0 Å². The summed E-state index contributed by atoms with van der Waals surface area (Å²) in [5, 5.41) is 23.9. The number of nitrogen functional groups attached to an aromatic ring is 1.